The Morgan fingerprint density at radius 3 is 2.52 bits per heavy atom. The average molecular weight is 532 g/mol. The molecule has 0 saturated carbocycles. The summed E-state index contributed by atoms with van der Waals surface area (Å²) in [6.07, 6.45) is 3.43. The van der Waals surface area contributed by atoms with Crippen LogP contribution in [0.5, 0.6) is 0 Å². The molecule has 2 heterocycles. The molecule has 3 aromatic carbocycles. The van der Waals surface area contributed by atoms with Crippen molar-refractivity contribution in [3.05, 3.63) is 108 Å². The molecule has 1 atom stereocenters. The number of nitrogen functional groups attached to an aromatic ring is 1. The topological polar surface area (TPSA) is 141 Å². The van der Waals surface area contributed by atoms with Gasteiger partial charge >= 0.3 is 0 Å². The van der Waals surface area contributed by atoms with Gasteiger partial charge in [0.15, 0.2) is 11.4 Å². The van der Waals surface area contributed by atoms with Crippen molar-refractivity contribution in [1.82, 2.24) is 14.6 Å². The summed E-state index contributed by atoms with van der Waals surface area (Å²) in [7, 11) is 0. The van der Waals surface area contributed by atoms with Crippen molar-refractivity contribution in [3.63, 3.8) is 0 Å². The molecular formula is C31H29N7O2. The number of ketones is 1. The molecule has 5 rings (SSSR count). The number of aromatic nitrogens is 3. The number of nitrogens with two attached hydrogens (primary N) is 1. The molecule has 0 aliphatic carbocycles. The van der Waals surface area contributed by atoms with Crippen LogP contribution in [0.3, 0.4) is 0 Å². The maximum atomic E-state index is 13.1. The minimum atomic E-state index is -1.26. The fraction of sp³-hybridized carbons (Fsp3) is 0.161. The zero-order valence-corrected chi connectivity index (χ0v) is 21.8. The third-order valence-corrected chi connectivity index (χ3v) is 6.47. The van der Waals surface area contributed by atoms with E-state index in [0.29, 0.717) is 46.2 Å². The summed E-state index contributed by atoms with van der Waals surface area (Å²) < 4.78 is 1.72. The van der Waals surface area contributed by atoms with Crippen molar-refractivity contribution < 1.29 is 9.90 Å². The lowest BCUT2D eigenvalue weighted by Crippen LogP contribution is -2.12. The molecule has 200 valence electrons. The maximum Gasteiger partial charge on any atom is 0.195 e. The van der Waals surface area contributed by atoms with Crippen LogP contribution < -0.4 is 16.4 Å². The van der Waals surface area contributed by atoms with E-state index >= 15 is 0 Å². The van der Waals surface area contributed by atoms with Gasteiger partial charge in [0, 0.05) is 40.7 Å². The SMILES string of the molecule is N#CCCCCc1cnn2c(Nc3cccc(C(=O)C(O)c4ccccc4)c3)cc(Nc3cccc(N)c3)nc12. The lowest BCUT2D eigenvalue weighted by molar-refractivity contribution is 0.0747. The normalized spacial score (nSPS) is 11.6. The van der Waals surface area contributed by atoms with Crippen molar-refractivity contribution in [2.24, 2.45) is 0 Å². The predicted molar refractivity (Wildman–Crippen MR) is 156 cm³/mol. The van der Waals surface area contributed by atoms with Gasteiger partial charge in [0.1, 0.15) is 17.7 Å². The molecule has 40 heavy (non-hydrogen) atoms. The Kier molecular flexibility index (Phi) is 7.99. The zero-order valence-electron chi connectivity index (χ0n) is 21.8. The van der Waals surface area contributed by atoms with Crippen LogP contribution in [0.1, 0.15) is 46.9 Å². The number of hydrogen-bond acceptors (Lipinski definition) is 8. The van der Waals surface area contributed by atoms with Crippen LogP contribution in [0, 0.1) is 11.3 Å². The number of nitrogens with zero attached hydrogens (tertiary/aromatic N) is 4. The number of nitriles is 1. The second-order valence-electron chi connectivity index (χ2n) is 9.43. The van der Waals surface area contributed by atoms with Crippen LogP contribution in [0.15, 0.2) is 91.1 Å². The number of aliphatic hydroxyl groups is 1. The monoisotopic (exact) mass is 531 g/mol. The minimum Gasteiger partial charge on any atom is -0.399 e. The number of carbonyl (C=O) groups excluding carboxylic acids is 1. The minimum absolute atomic E-state index is 0.378. The second-order valence-corrected chi connectivity index (χ2v) is 9.43. The van der Waals surface area contributed by atoms with Crippen molar-refractivity contribution in [1.29, 1.82) is 5.26 Å². The van der Waals surface area contributed by atoms with Gasteiger partial charge in [-0.05, 0) is 55.2 Å². The summed E-state index contributed by atoms with van der Waals surface area (Å²) in [5.74, 6) is 0.830. The standard InChI is InChI=1S/C31H29N7O2/c32-16-6-2-5-11-23-20-34-38-28(19-27(37-31(23)38)35-26-15-8-13-24(33)18-26)36-25-14-7-12-22(17-25)30(40)29(39)21-9-3-1-4-10-21/h1,3-4,7-10,12-15,17-20,29,36,39H,2,5-6,11,33H2,(H,35,37). The maximum absolute atomic E-state index is 13.1. The molecule has 0 amide bonds. The van der Waals surface area contributed by atoms with Crippen LogP contribution in [0.25, 0.3) is 5.65 Å². The summed E-state index contributed by atoms with van der Waals surface area (Å²) in [6.45, 7) is 0. The van der Waals surface area contributed by atoms with Gasteiger partial charge in [0.2, 0.25) is 0 Å². The number of aliphatic hydroxyl groups excluding tert-OH is 1. The Morgan fingerprint density at radius 2 is 1.75 bits per heavy atom. The summed E-state index contributed by atoms with van der Waals surface area (Å²) in [6, 6.07) is 27.3. The van der Waals surface area contributed by atoms with Gasteiger partial charge in [0.25, 0.3) is 0 Å². The van der Waals surface area contributed by atoms with Gasteiger partial charge in [-0.3, -0.25) is 4.79 Å². The van der Waals surface area contributed by atoms with E-state index in [0.717, 1.165) is 30.5 Å². The number of unbranched alkanes of at least 4 members (excludes halogenated alkanes) is 2. The number of aryl methyl sites for hydroxylation is 1. The Hall–Kier alpha value is -5.20. The highest BCUT2D eigenvalue weighted by Gasteiger charge is 2.20. The first-order valence-corrected chi connectivity index (χ1v) is 13.0. The molecule has 5 N–H and O–H groups in total. The van der Waals surface area contributed by atoms with Crippen LogP contribution >= 0.6 is 0 Å². The van der Waals surface area contributed by atoms with Gasteiger partial charge < -0.3 is 21.5 Å². The van der Waals surface area contributed by atoms with Gasteiger partial charge in [0.05, 0.1) is 12.3 Å². The first-order valence-electron chi connectivity index (χ1n) is 13.0. The Balaban J connectivity index is 1.46. The number of nitrogens with one attached hydrogen (secondary N) is 2. The third-order valence-electron chi connectivity index (χ3n) is 6.47. The predicted octanol–water partition coefficient (Wildman–Crippen LogP) is 5.95. The number of benzene rings is 3. The summed E-state index contributed by atoms with van der Waals surface area (Å²) >= 11 is 0. The van der Waals surface area contributed by atoms with Crippen molar-refractivity contribution in [3.8, 4) is 6.07 Å². The molecule has 9 nitrogen and oxygen atoms in total. The fourth-order valence-corrected chi connectivity index (χ4v) is 4.46. The van der Waals surface area contributed by atoms with E-state index in [1.54, 1.807) is 53.2 Å². The van der Waals surface area contributed by atoms with E-state index in [1.165, 1.54) is 0 Å². The van der Waals surface area contributed by atoms with Gasteiger partial charge in [-0.2, -0.15) is 14.9 Å². The van der Waals surface area contributed by atoms with Crippen molar-refractivity contribution >= 4 is 40.1 Å². The van der Waals surface area contributed by atoms with E-state index in [-0.39, 0.29) is 0 Å². The number of Topliss-reactive ketones (excluding diaryl/α,β-unsaturated/α-hetero) is 1. The highest BCUT2D eigenvalue weighted by atomic mass is 16.3. The molecule has 0 radical (unpaired) electrons. The first kappa shape index (κ1) is 26.4. The summed E-state index contributed by atoms with van der Waals surface area (Å²) in [5, 5.41) is 30.8. The molecule has 0 saturated heterocycles. The number of fused-ring (bicyclic) bond motifs is 1. The van der Waals surface area contributed by atoms with Crippen LogP contribution in [-0.2, 0) is 6.42 Å². The molecule has 1 unspecified atom stereocenters. The molecule has 0 aliphatic rings. The average Bonchev–Trinajstić information content (AvgIpc) is 3.38. The van der Waals surface area contributed by atoms with Crippen molar-refractivity contribution in [2.75, 3.05) is 16.4 Å². The van der Waals surface area contributed by atoms with Crippen LogP contribution in [-0.4, -0.2) is 25.5 Å². The van der Waals surface area contributed by atoms with Gasteiger partial charge in [-0.25, -0.2) is 4.98 Å². The Morgan fingerprint density at radius 1 is 0.975 bits per heavy atom. The summed E-state index contributed by atoms with van der Waals surface area (Å²) in [4.78, 5) is 17.9. The van der Waals surface area contributed by atoms with E-state index in [9.17, 15) is 9.90 Å². The number of carbonyl (C=O) groups is 1. The van der Waals surface area contributed by atoms with Gasteiger partial charge in [-0.1, -0.05) is 48.5 Å². The highest BCUT2D eigenvalue weighted by molar-refractivity contribution is 6.00. The Bertz CT molecular complexity index is 1670. The van der Waals surface area contributed by atoms with E-state index in [4.69, 9.17) is 16.0 Å². The quantitative estimate of drug-likeness (QED) is 0.0930. The smallest absolute Gasteiger partial charge is 0.195 e. The largest absolute Gasteiger partial charge is 0.399 e. The Labute approximate surface area is 231 Å². The molecule has 0 spiro atoms. The molecule has 2 aromatic heterocycles. The van der Waals surface area contributed by atoms with E-state index in [1.807, 2.05) is 42.5 Å². The number of anilines is 5. The van der Waals surface area contributed by atoms with Crippen molar-refractivity contribution in [2.45, 2.75) is 31.8 Å². The van der Waals surface area contributed by atoms with Crippen LogP contribution in [0.2, 0.25) is 0 Å². The highest BCUT2D eigenvalue weighted by Crippen LogP contribution is 2.27. The number of hydrogen-bond donors (Lipinski definition) is 4. The molecule has 0 bridgehead atoms. The third kappa shape index (κ3) is 6.09. The molecule has 5 aromatic rings. The first-order chi connectivity index (χ1) is 19.5. The molecular weight excluding hydrogens is 502 g/mol. The van der Waals surface area contributed by atoms with Gasteiger partial charge in [-0.15, -0.1) is 0 Å². The zero-order chi connectivity index (χ0) is 27.9. The second kappa shape index (κ2) is 12.1. The summed E-state index contributed by atoms with van der Waals surface area (Å²) in [5.41, 5.74) is 10.6. The van der Waals surface area contributed by atoms with Crippen LogP contribution in [0.4, 0.5) is 28.7 Å². The number of rotatable bonds is 11. The fourth-order valence-electron chi connectivity index (χ4n) is 4.46. The van der Waals surface area contributed by atoms with E-state index in [2.05, 4.69) is 21.8 Å². The lowest BCUT2D eigenvalue weighted by atomic mass is 10.00. The van der Waals surface area contributed by atoms with E-state index < -0.39 is 11.9 Å². The molecule has 9 heteroatoms. The molecule has 0 fully saturated rings. The lowest BCUT2D eigenvalue weighted by Gasteiger charge is -2.14. The molecule has 0 aliphatic heterocycles.